The number of anilines is 4. The van der Waals surface area contributed by atoms with Crippen LogP contribution >= 0.6 is 0 Å². The number of hydrogen-bond acceptors (Lipinski definition) is 11. The average molecular weight is 400 g/mol. The summed E-state index contributed by atoms with van der Waals surface area (Å²) >= 11 is 0. The van der Waals surface area contributed by atoms with Crippen molar-refractivity contribution in [3.63, 3.8) is 0 Å². The van der Waals surface area contributed by atoms with Crippen LogP contribution < -0.4 is 38.1 Å². The first-order valence-electron chi connectivity index (χ1n) is 9.92. The van der Waals surface area contributed by atoms with Crippen LogP contribution in [0.25, 0.3) is 0 Å². The highest BCUT2D eigenvalue weighted by Crippen LogP contribution is 2.23. The molecule has 2 aromatic heterocycles. The highest BCUT2D eigenvalue weighted by Gasteiger charge is 2.28. The van der Waals surface area contributed by atoms with E-state index in [0.29, 0.717) is 49.8 Å². The highest BCUT2D eigenvalue weighted by atomic mass is 15.4. The molecule has 2 fully saturated rings. The molecule has 2 aliphatic heterocycles. The van der Waals surface area contributed by atoms with Crippen molar-refractivity contribution in [2.24, 2.45) is 22.9 Å². The molecule has 2 saturated heterocycles. The van der Waals surface area contributed by atoms with Gasteiger partial charge in [0.25, 0.3) is 0 Å². The van der Waals surface area contributed by atoms with Gasteiger partial charge >= 0.3 is 0 Å². The van der Waals surface area contributed by atoms with Crippen LogP contribution in [0.5, 0.6) is 0 Å². The molecular formula is C18H29N11. The van der Waals surface area contributed by atoms with Gasteiger partial charge in [-0.2, -0.15) is 15.0 Å². The van der Waals surface area contributed by atoms with Gasteiger partial charge in [0.1, 0.15) is 5.82 Å². The molecule has 0 aliphatic carbocycles. The fourth-order valence-corrected chi connectivity index (χ4v) is 3.93. The zero-order chi connectivity index (χ0) is 20.4. The highest BCUT2D eigenvalue weighted by molar-refractivity contribution is 5.53. The van der Waals surface area contributed by atoms with Crippen LogP contribution in [0.4, 0.5) is 23.7 Å². The van der Waals surface area contributed by atoms with Crippen molar-refractivity contribution in [2.45, 2.75) is 37.0 Å². The van der Waals surface area contributed by atoms with Crippen molar-refractivity contribution in [1.82, 2.24) is 19.9 Å². The minimum atomic E-state index is -0.0250. The summed E-state index contributed by atoms with van der Waals surface area (Å²) in [5.74, 6) is 2.12. The molecule has 29 heavy (non-hydrogen) atoms. The van der Waals surface area contributed by atoms with E-state index in [-0.39, 0.29) is 24.2 Å². The van der Waals surface area contributed by atoms with Crippen LogP contribution in [0.2, 0.25) is 0 Å². The molecule has 0 bridgehead atoms. The summed E-state index contributed by atoms with van der Waals surface area (Å²) < 4.78 is 0. The Balaban J connectivity index is 1.67. The van der Waals surface area contributed by atoms with Gasteiger partial charge in [-0.05, 0) is 25.0 Å². The van der Waals surface area contributed by atoms with Gasteiger partial charge in [-0.25, -0.2) is 4.98 Å². The quantitative estimate of drug-likeness (QED) is 0.415. The van der Waals surface area contributed by atoms with Gasteiger partial charge in [0.15, 0.2) is 0 Å². The minimum Gasteiger partial charge on any atom is -0.338 e. The maximum absolute atomic E-state index is 6.17. The van der Waals surface area contributed by atoms with E-state index in [1.54, 1.807) is 6.20 Å². The van der Waals surface area contributed by atoms with Gasteiger partial charge in [0, 0.05) is 56.5 Å². The fraction of sp³-hybridized carbons (Fsp3) is 0.556. The van der Waals surface area contributed by atoms with Crippen LogP contribution in [-0.2, 0) is 0 Å². The average Bonchev–Trinajstić information content (AvgIpc) is 2.67. The summed E-state index contributed by atoms with van der Waals surface area (Å²) in [5, 5.41) is 3.16. The van der Waals surface area contributed by atoms with Crippen molar-refractivity contribution < 1.29 is 0 Å². The monoisotopic (exact) mass is 399 g/mol. The first-order chi connectivity index (χ1) is 14.0. The number of nitrogens with one attached hydrogen (secondary N) is 1. The van der Waals surface area contributed by atoms with Crippen molar-refractivity contribution in [3.8, 4) is 0 Å². The van der Waals surface area contributed by atoms with Gasteiger partial charge < -0.3 is 38.1 Å². The molecule has 4 heterocycles. The lowest BCUT2D eigenvalue weighted by molar-refractivity contribution is 0.441. The first kappa shape index (κ1) is 19.7. The first-order valence-corrected chi connectivity index (χ1v) is 9.92. The number of piperidine rings is 2. The molecule has 156 valence electrons. The SMILES string of the molecule is N[C@@H]1C[C@H](N)CN(c2nc(Nc3ccccn3)nc(N3C[C@H](N)C[C@H](N)C3)n2)C1. The topological polar surface area (TPSA) is 174 Å². The van der Waals surface area contributed by atoms with Gasteiger partial charge in [0.2, 0.25) is 17.8 Å². The summed E-state index contributed by atoms with van der Waals surface area (Å²) in [6, 6.07) is 5.49. The molecule has 4 rings (SSSR count). The van der Waals surface area contributed by atoms with Crippen LogP contribution in [0.1, 0.15) is 12.8 Å². The third kappa shape index (κ3) is 4.88. The Bertz CT molecular complexity index is 752. The molecule has 9 N–H and O–H groups in total. The van der Waals surface area contributed by atoms with E-state index in [4.69, 9.17) is 27.9 Å². The lowest BCUT2D eigenvalue weighted by atomic mass is 10.0. The molecule has 4 atom stereocenters. The second kappa shape index (κ2) is 8.41. The molecule has 0 aromatic carbocycles. The maximum atomic E-state index is 6.17. The summed E-state index contributed by atoms with van der Waals surface area (Å²) in [5.41, 5.74) is 24.7. The predicted molar refractivity (Wildman–Crippen MR) is 113 cm³/mol. The van der Waals surface area contributed by atoms with Crippen molar-refractivity contribution in [2.75, 3.05) is 41.3 Å². The lowest BCUT2D eigenvalue weighted by Gasteiger charge is -2.36. The third-order valence-corrected chi connectivity index (χ3v) is 5.11. The Morgan fingerprint density at radius 3 is 1.72 bits per heavy atom. The largest absolute Gasteiger partial charge is 0.338 e. The van der Waals surface area contributed by atoms with Crippen LogP contribution in [0.3, 0.4) is 0 Å². The summed E-state index contributed by atoms with van der Waals surface area (Å²) in [7, 11) is 0. The Labute approximate surface area is 169 Å². The molecule has 11 heteroatoms. The normalized spacial score (nSPS) is 27.7. The van der Waals surface area contributed by atoms with Crippen LogP contribution in [0, 0.1) is 0 Å². The van der Waals surface area contributed by atoms with Gasteiger partial charge in [-0.15, -0.1) is 0 Å². The van der Waals surface area contributed by atoms with E-state index < -0.39 is 0 Å². The summed E-state index contributed by atoms with van der Waals surface area (Å²) in [4.78, 5) is 22.2. The molecule has 0 saturated carbocycles. The van der Waals surface area contributed by atoms with Gasteiger partial charge in [-0.3, -0.25) is 0 Å². The lowest BCUT2D eigenvalue weighted by Crippen LogP contribution is -2.54. The number of pyridine rings is 1. The van der Waals surface area contributed by atoms with E-state index in [9.17, 15) is 0 Å². The van der Waals surface area contributed by atoms with Crippen molar-refractivity contribution in [3.05, 3.63) is 24.4 Å². The minimum absolute atomic E-state index is 0.0250. The smallest absolute Gasteiger partial charge is 0.235 e. The number of hydrogen-bond donors (Lipinski definition) is 5. The van der Waals surface area contributed by atoms with Crippen molar-refractivity contribution >= 4 is 23.7 Å². The maximum Gasteiger partial charge on any atom is 0.235 e. The molecule has 2 aliphatic rings. The number of nitrogens with zero attached hydrogens (tertiary/aromatic N) is 6. The summed E-state index contributed by atoms with van der Waals surface area (Å²) in [6.45, 7) is 2.55. The molecule has 0 unspecified atom stereocenters. The van der Waals surface area contributed by atoms with Crippen molar-refractivity contribution in [1.29, 1.82) is 0 Å². The number of aromatic nitrogens is 4. The molecule has 11 nitrogen and oxygen atoms in total. The Kier molecular flexibility index (Phi) is 5.72. The molecule has 2 aromatic rings. The van der Waals surface area contributed by atoms with Gasteiger partial charge in [-0.1, -0.05) is 6.07 Å². The standard InChI is InChI=1S/C18H29N11/c19-11-5-12(20)8-28(7-11)17-25-16(24-15-3-1-2-4-23-15)26-18(27-17)29-9-13(21)6-14(22)10-29/h1-4,11-14H,5-10,19-22H2,(H,23,24,25,26,27)/t11-,12+,13-,14+. The second-order valence-corrected chi connectivity index (χ2v) is 7.92. The van der Waals surface area contributed by atoms with E-state index in [0.717, 1.165) is 12.8 Å². The van der Waals surface area contributed by atoms with Gasteiger partial charge in [0.05, 0.1) is 0 Å². The Morgan fingerprint density at radius 2 is 1.28 bits per heavy atom. The number of rotatable bonds is 4. The second-order valence-electron chi connectivity index (χ2n) is 7.92. The van der Waals surface area contributed by atoms with E-state index >= 15 is 0 Å². The van der Waals surface area contributed by atoms with E-state index in [2.05, 4.69) is 20.3 Å². The zero-order valence-corrected chi connectivity index (χ0v) is 16.4. The molecule has 0 spiro atoms. The number of nitrogens with two attached hydrogens (primary N) is 4. The fourth-order valence-electron chi connectivity index (χ4n) is 3.93. The molecular weight excluding hydrogens is 370 g/mol. The van der Waals surface area contributed by atoms with Crippen LogP contribution in [0.15, 0.2) is 24.4 Å². The molecule has 0 radical (unpaired) electrons. The summed E-state index contributed by atoms with van der Waals surface area (Å²) in [6.07, 6.45) is 3.27. The zero-order valence-electron chi connectivity index (χ0n) is 16.4. The van der Waals surface area contributed by atoms with E-state index in [1.165, 1.54) is 0 Å². The Morgan fingerprint density at radius 1 is 0.759 bits per heavy atom. The molecule has 0 amide bonds. The Hall–Kier alpha value is -2.60. The predicted octanol–water partition coefficient (Wildman–Crippen LogP) is -1.26. The van der Waals surface area contributed by atoms with Crippen LogP contribution in [-0.4, -0.2) is 70.3 Å². The van der Waals surface area contributed by atoms with E-state index in [1.807, 2.05) is 28.0 Å². The third-order valence-electron chi connectivity index (χ3n) is 5.11.